The van der Waals surface area contributed by atoms with Gasteiger partial charge in [-0.05, 0) is 59.7 Å². The summed E-state index contributed by atoms with van der Waals surface area (Å²) in [6.07, 6.45) is 1.84. The van der Waals surface area contributed by atoms with Gasteiger partial charge in [0.15, 0.2) is 0 Å². The Morgan fingerprint density at radius 1 is 0.651 bits per heavy atom. The van der Waals surface area contributed by atoms with Gasteiger partial charge < -0.3 is 15.2 Å². The Bertz CT molecular complexity index is 1660. The van der Waals surface area contributed by atoms with Crippen LogP contribution in [0.5, 0.6) is 0 Å². The lowest BCUT2D eigenvalue weighted by molar-refractivity contribution is 0.0933. The van der Waals surface area contributed by atoms with Crippen molar-refractivity contribution >= 4 is 28.5 Å². The predicted octanol–water partition coefficient (Wildman–Crippen LogP) is 4.88. The van der Waals surface area contributed by atoms with E-state index >= 15 is 0 Å². The first-order valence-electron chi connectivity index (χ1n) is 14.8. The van der Waals surface area contributed by atoms with E-state index in [-0.39, 0.29) is 11.8 Å². The topological polar surface area (TPSA) is 82.5 Å². The average Bonchev–Trinajstić information content (AvgIpc) is 3.45. The molecule has 43 heavy (non-hydrogen) atoms. The fourth-order valence-electron chi connectivity index (χ4n) is 5.44. The number of carbonyl (C=O) groups excluding carboxylic acids is 2. The highest BCUT2D eigenvalue weighted by Gasteiger charge is 2.17. The molecule has 6 rings (SSSR count). The Balaban J connectivity index is 0.928. The Morgan fingerprint density at radius 3 is 2.05 bits per heavy atom. The second-order valence-corrected chi connectivity index (χ2v) is 10.9. The van der Waals surface area contributed by atoms with Crippen LogP contribution in [0.4, 0.5) is 5.69 Å². The molecular weight excluding hydrogens is 536 g/mol. The largest absolute Gasteiger partial charge is 0.351 e. The van der Waals surface area contributed by atoms with Crippen LogP contribution in [0.1, 0.15) is 31.8 Å². The molecule has 1 aromatic heterocycles. The van der Waals surface area contributed by atoms with E-state index in [1.54, 1.807) is 24.3 Å². The molecule has 2 amide bonds. The molecule has 4 aromatic carbocycles. The second kappa shape index (κ2) is 13.5. The number of fused-ring (bicyclic) bond motifs is 1. The van der Waals surface area contributed by atoms with E-state index in [2.05, 4.69) is 66.4 Å². The summed E-state index contributed by atoms with van der Waals surface area (Å²) < 4.78 is 2.09. The lowest BCUT2D eigenvalue weighted by atomic mass is 10.1. The zero-order chi connectivity index (χ0) is 29.4. The molecule has 0 atom stereocenters. The molecule has 2 N–H and O–H groups in total. The van der Waals surface area contributed by atoms with E-state index in [0.717, 1.165) is 55.9 Å². The summed E-state index contributed by atoms with van der Waals surface area (Å²) in [6.45, 7) is 7.16. The fourth-order valence-corrected chi connectivity index (χ4v) is 5.44. The van der Waals surface area contributed by atoms with Gasteiger partial charge in [0.2, 0.25) is 0 Å². The Kier molecular flexibility index (Phi) is 8.87. The van der Waals surface area contributed by atoms with E-state index in [0.29, 0.717) is 29.9 Å². The van der Waals surface area contributed by atoms with Crippen molar-refractivity contribution in [3.8, 4) is 0 Å². The highest BCUT2D eigenvalue weighted by molar-refractivity contribution is 6.04. The zero-order valence-electron chi connectivity index (χ0n) is 24.2. The van der Waals surface area contributed by atoms with Gasteiger partial charge in [-0.1, -0.05) is 54.6 Å². The molecule has 0 radical (unpaired) electrons. The third-order valence-corrected chi connectivity index (χ3v) is 7.93. The van der Waals surface area contributed by atoms with E-state index < -0.39 is 0 Å². The minimum absolute atomic E-state index is 0.109. The van der Waals surface area contributed by atoms with E-state index in [4.69, 9.17) is 0 Å². The van der Waals surface area contributed by atoms with Gasteiger partial charge in [-0.2, -0.15) is 0 Å². The number of hydrogen-bond acceptors (Lipinski definition) is 5. The standard InChI is InChI=1S/C35H36N6O2/c42-34(36-18-19-39-20-22-40(23-21-39)24-27-6-2-1-3-7-27)29-14-16-31(17-15-29)38-35(43)30-12-10-28(11-13-30)25-41-26-37-32-8-4-5-9-33(32)41/h1-17,26H,18-25H2,(H,36,42)(H,38,43). The average molecular weight is 573 g/mol. The molecule has 2 heterocycles. The molecular formula is C35H36N6O2. The number of piperazine rings is 1. The number of nitrogens with one attached hydrogen (secondary N) is 2. The monoisotopic (exact) mass is 572 g/mol. The molecule has 0 bridgehead atoms. The Labute approximate surface area is 252 Å². The lowest BCUT2D eigenvalue weighted by Crippen LogP contribution is -2.48. The maximum atomic E-state index is 12.8. The summed E-state index contributed by atoms with van der Waals surface area (Å²) >= 11 is 0. The van der Waals surface area contributed by atoms with Crippen LogP contribution in [0, 0.1) is 0 Å². The molecule has 1 aliphatic rings. The van der Waals surface area contributed by atoms with Crippen molar-refractivity contribution in [1.82, 2.24) is 24.7 Å². The number of amides is 2. The Hall–Kier alpha value is -4.79. The summed E-state index contributed by atoms with van der Waals surface area (Å²) in [5.74, 6) is -0.303. The zero-order valence-corrected chi connectivity index (χ0v) is 24.2. The van der Waals surface area contributed by atoms with Gasteiger partial charge in [0, 0.05) is 69.2 Å². The first-order valence-corrected chi connectivity index (χ1v) is 14.8. The molecule has 1 aliphatic heterocycles. The number of benzene rings is 4. The molecule has 0 unspecified atom stereocenters. The first kappa shape index (κ1) is 28.3. The van der Waals surface area contributed by atoms with Crippen LogP contribution in [0.15, 0.2) is 109 Å². The van der Waals surface area contributed by atoms with Gasteiger partial charge in [-0.3, -0.25) is 19.4 Å². The molecule has 1 saturated heterocycles. The van der Waals surface area contributed by atoms with Crippen LogP contribution >= 0.6 is 0 Å². The SMILES string of the molecule is O=C(NCCN1CCN(Cc2ccccc2)CC1)c1ccc(NC(=O)c2ccc(Cn3cnc4ccccc43)cc2)cc1. The van der Waals surface area contributed by atoms with Gasteiger partial charge in [-0.25, -0.2) is 4.98 Å². The third-order valence-electron chi connectivity index (χ3n) is 7.93. The van der Waals surface area contributed by atoms with Crippen molar-refractivity contribution in [2.24, 2.45) is 0 Å². The van der Waals surface area contributed by atoms with Crippen molar-refractivity contribution in [2.45, 2.75) is 13.1 Å². The number of anilines is 1. The number of nitrogens with zero attached hydrogens (tertiary/aromatic N) is 4. The molecule has 0 aliphatic carbocycles. The summed E-state index contributed by atoms with van der Waals surface area (Å²) in [6, 6.07) is 33.2. The molecule has 1 fully saturated rings. The minimum atomic E-state index is -0.194. The number of carbonyl (C=O) groups is 2. The summed E-state index contributed by atoms with van der Waals surface area (Å²) in [4.78, 5) is 34.8. The predicted molar refractivity (Wildman–Crippen MR) is 170 cm³/mol. The summed E-state index contributed by atoms with van der Waals surface area (Å²) in [7, 11) is 0. The number of rotatable bonds is 10. The molecule has 0 spiro atoms. The molecule has 0 saturated carbocycles. The number of aromatic nitrogens is 2. The molecule has 218 valence electrons. The van der Waals surface area contributed by atoms with Crippen LogP contribution in [0.2, 0.25) is 0 Å². The highest BCUT2D eigenvalue weighted by Crippen LogP contribution is 2.16. The van der Waals surface area contributed by atoms with E-state index in [9.17, 15) is 9.59 Å². The van der Waals surface area contributed by atoms with E-state index in [1.165, 1.54) is 5.56 Å². The van der Waals surface area contributed by atoms with Gasteiger partial charge >= 0.3 is 0 Å². The number of imidazole rings is 1. The van der Waals surface area contributed by atoms with Crippen molar-refractivity contribution in [1.29, 1.82) is 0 Å². The maximum absolute atomic E-state index is 12.8. The van der Waals surface area contributed by atoms with E-state index in [1.807, 2.05) is 48.8 Å². The third kappa shape index (κ3) is 7.35. The highest BCUT2D eigenvalue weighted by atomic mass is 16.2. The van der Waals surface area contributed by atoms with Crippen LogP contribution in [0.25, 0.3) is 11.0 Å². The van der Waals surface area contributed by atoms with Crippen LogP contribution < -0.4 is 10.6 Å². The smallest absolute Gasteiger partial charge is 0.255 e. The van der Waals surface area contributed by atoms with Crippen molar-refractivity contribution < 1.29 is 9.59 Å². The van der Waals surface area contributed by atoms with Gasteiger partial charge in [0.1, 0.15) is 0 Å². The summed E-state index contributed by atoms with van der Waals surface area (Å²) in [5, 5.41) is 5.95. The lowest BCUT2D eigenvalue weighted by Gasteiger charge is -2.34. The minimum Gasteiger partial charge on any atom is -0.351 e. The second-order valence-electron chi connectivity index (χ2n) is 10.9. The molecule has 8 nitrogen and oxygen atoms in total. The quantitative estimate of drug-likeness (QED) is 0.249. The van der Waals surface area contributed by atoms with Gasteiger partial charge in [0.25, 0.3) is 11.8 Å². The van der Waals surface area contributed by atoms with Crippen LogP contribution in [-0.2, 0) is 13.1 Å². The number of hydrogen-bond donors (Lipinski definition) is 2. The molecule has 8 heteroatoms. The maximum Gasteiger partial charge on any atom is 0.255 e. The van der Waals surface area contributed by atoms with Crippen molar-refractivity contribution in [2.75, 3.05) is 44.6 Å². The van der Waals surface area contributed by atoms with Crippen LogP contribution in [0.3, 0.4) is 0 Å². The Morgan fingerprint density at radius 2 is 1.28 bits per heavy atom. The van der Waals surface area contributed by atoms with Gasteiger partial charge in [-0.15, -0.1) is 0 Å². The first-order chi connectivity index (χ1) is 21.1. The molecule has 5 aromatic rings. The van der Waals surface area contributed by atoms with Crippen molar-refractivity contribution in [3.05, 3.63) is 132 Å². The number of para-hydroxylation sites is 2. The fraction of sp³-hybridized carbons (Fsp3) is 0.229. The summed E-state index contributed by atoms with van der Waals surface area (Å²) in [5.41, 5.74) is 6.26. The van der Waals surface area contributed by atoms with Gasteiger partial charge in [0.05, 0.1) is 17.4 Å². The normalized spacial score (nSPS) is 14.0. The van der Waals surface area contributed by atoms with Crippen molar-refractivity contribution in [3.63, 3.8) is 0 Å². The van der Waals surface area contributed by atoms with Crippen LogP contribution in [-0.4, -0.2) is 70.4 Å².